The van der Waals surface area contributed by atoms with Crippen LogP contribution in [0.15, 0.2) is 0 Å². The number of amides is 7. The van der Waals surface area contributed by atoms with Gasteiger partial charge in [-0.1, -0.05) is 84.0 Å². The van der Waals surface area contributed by atoms with Crippen LogP contribution in [0.2, 0.25) is 0 Å². The summed E-state index contributed by atoms with van der Waals surface area (Å²) in [7, 11) is 0. The van der Waals surface area contributed by atoms with Crippen LogP contribution in [-0.4, -0.2) is 243 Å². The van der Waals surface area contributed by atoms with Gasteiger partial charge in [0.1, 0.15) is 119 Å². The SMILES string of the molecule is CCCCCCCCCCCCCCCC(=O)NC[C@H]1O[C@@H](O[C@@H]2[C@@H](O)[C@H](NC(=O)OC(C)(C)C)C[C@H](NC(=O)OC(C)(C)C)[C@H]2O[C@H]2O[C@H](CNC(=O)OC(C)(C)C)[C@@H](O)[C@H](O)[C@H]2NC(=O)OC(C)(C)C)[C@H](O)[C@@H]1O[C@H]1O[C@@H](CNC(=O)OC(C)(C)C)[C@@H](O)[C@H](O)[C@H]1NC(=O)OC(C)(C)C. The Morgan fingerprint density at radius 1 is 0.337 bits per heavy atom. The zero-order chi connectivity index (χ0) is 76.2. The molecule has 19 atom stereocenters. The molecule has 0 aromatic carbocycles. The zero-order valence-corrected chi connectivity index (χ0v) is 63.1. The van der Waals surface area contributed by atoms with E-state index in [4.69, 9.17) is 56.8 Å². The highest BCUT2D eigenvalue weighted by Gasteiger charge is 2.57. The fourth-order valence-electron chi connectivity index (χ4n) is 11.6. The smallest absolute Gasteiger partial charge is 0.408 e. The summed E-state index contributed by atoms with van der Waals surface area (Å²) in [5, 5.41) is 90.8. The third-order valence-corrected chi connectivity index (χ3v) is 16.0. The molecule has 7 amide bonds. The molecule has 32 heteroatoms. The monoisotopic (exact) mass is 1450 g/mol. The number of aliphatic hydroxyl groups excluding tert-OH is 6. The van der Waals surface area contributed by atoms with E-state index in [1.165, 1.54) is 44.9 Å². The molecule has 0 aromatic rings. The number of nitrogens with one attached hydrogen (secondary N) is 7. The van der Waals surface area contributed by atoms with Gasteiger partial charge in [-0.15, -0.1) is 0 Å². The maximum atomic E-state index is 14.1. The first-order valence-electron chi connectivity index (χ1n) is 35.8. The van der Waals surface area contributed by atoms with Crippen molar-refractivity contribution in [3.05, 3.63) is 0 Å². The molecule has 1 aliphatic carbocycles. The van der Waals surface area contributed by atoms with Gasteiger partial charge in [-0.25, -0.2) is 28.8 Å². The summed E-state index contributed by atoms with van der Waals surface area (Å²) in [6, 6.07) is -6.46. The third-order valence-electron chi connectivity index (χ3n) is 16.0. The molecule has 4 fully saturated rings. The highest BCUT2D eigenvalue weighted by Crippen LogP contribution is 2.37. The van der Waals surface area contributed by atoms with Gasteiger partial charge < -0.3 is 125 Å². The summed E-state index contributed by atoms with van der Waals surface area (Å²) in [5.41, 5.74) is -6.37. The highest BCUT2D eigenvalue weighted by atomic mass is 16.8. The number of hydrogen-bond acceptors (Lipinski definition) is 25. The molecule has 32 nitrogen and oxygen atoms in total. The first-order valence-corrected chi connectivity index (χ1v) is 35.8. The lowest BCUT2D eigenvalue weighted by Crippen LogP contribution is -2.70. The molecule has 0 radical (unpaired) electrons. The van der Waals surface area contributed by atoms with Gasteiger partial charge in [0.05, 0.1) is 12.1 Å². The number of rotatable bonds is 30. The average molecular weight is 1450 g/mol. The number of carbonyl (C=O) groups is 7. The topological polar surface area (TPSA) is 436 Å². The summed E-state index contributed by atoms with van der Waals surface area (Å²) in [6.07, 6.45) is -20.2. The van der Waals surface area contributed by atoms with Gasteiger partial charge >= 0.3 is 36.6 Å². The van der Waals surface area contributed by atoms with Crippen LogP contribution in [0.3, 0.4) is 0 Å². The van der Waals surface area contributed by atoms with Crippen molar-refractivity contribution in [3.8, 4) is 0 Å². The summed E-state index contributed by atoms with van der Waals surface area (Å²) in [5.74, 6) is -0.420. The van der Waals surface area contributed by atoms with E-state index in [0.717, 1.165) is 32.1 Å². The molecule has 0 spiro atoms. The minimum atomic E-state index is -2.07. The summed E-state index contributed by atoms with van der Waals surface area (Å²) in [4.78, 5) is 94.9. The van der Waals surface area contributed by atoms with Crippen LogP contribution in [0.25, 0.3) is 0 Å². The lowest BCUT2D eigenvalue weighted by molar-refractivity contribution is -0.311. The lowest BCUT2D eigenvalue weighted by Gasteiger charge is -2.49. The van der Waals surface area contributed by atoms with Crippen LogP contribution < -0.4 is 37.2 Å². The van der Waals surface area contributed by atoms with Crippen LogP contribution in [0, 0.1) is 0 Å². The van der Waals surface area contributed by atoms with Gasteiger partial charge in [0.2, 0.25) is 5.91 Å². The lowest BCUT2D eigenvalue weighted by atomic mass is 9.83. The number of ether oxygens (including phenoxy) is 12. The molecule has 13 N–H and O–H groups in total. The largest absolute Gasteiger partial charge is 0.444 e. The second-order valence-electron chi connectivity index (χ2n) is 32.5. The maximum absolute atomic E-state index is 14.1. The molecule has 1 saturated carbocycles. The van der Waals surface area contributed by atoms with Crippen LogP contribution in [0.4, 0.5) is 28.8 Å². The number of carbonyl (C=O) groups excluding carboxylic acids is 7. The van der Waals surface area contributed by atoms with Crippen LogP contribution in [0.1, 0.15) is 228 Å². The minimum absolute atomic E-state index is 0.0878. The second-order valence-corrected chi connectivity index (χ2v) is 32.5. The molecule has 586 valence electrons. The minimum Gasteiger partial charge on any atom is -0.444 e. The Bertz CT molecular complexity index is 2580. The van der Waals surface area contributed by atoms with E-state index in [-0.39, 0.29) is 6.42 Å². The van der Waals surface area contributed by atoms with Crippen molar-refractivity contribution in [2.75, 3.05) is 19.6 Å². The maximum Gasteiger partial charge on any atom is 0.408 e. The molecular weight excluding hydrogens is 1330 g/mol. The molecule has 4 rings (SSSR count). The van der Waals surface area contributed by atoms with Crippen LogP contribution in [0.5, 0.6) is 0 Å². The Labute approximate surface area is 596 Å². The number of alkyl carbamates (subject to hydrolysis) is 6. The van der Waals surface area contributed by atoms with E-state index in [1.807, 2.05) is 0 Å². The normalized spacial score (nSPS) is 29.7. The summed E-state index contributed by atoms with van der Waals surface area (Å²) >= 11 is 0. The van der Waals surface area contributed by atoms with Crippen molar-refractivity contribution >= 4 is 42.5 Å². The van der Waals surface area contributed by atoms with E-state index in [0.29, 0.717) is 6.42 Å². The molecule has 4 aliphatic rings. The van der Waals surface area contributed by atoms with E-state index in [9.17, 15) is 64.2 Å². The Morgan fingerprint density at radius 2 is 0.653 bits per heavy atom. The Hall–Kier alpha value is -5.39. The number of hydrogen-bond donors (Lipinski definition) is 13. The van der Waals surface area contributed by atoms with Crippen molar-refractivity contribution in [3.63, 3.8) is 0 Å². The third kappa shape index (κ3) is 32.3. The molecule has 0 bridgehead atoms. The molecule has 0 aromatic heterocycles. The average Bonchev–Trinajstić information content (AvgIpc) is 1.76. The molecule has 3 heterocycles. The first-order chi connectivity index (χ1) is 46.6. The highest BCUT2D eigenvalue weighted by molar-refractivity contribution is 5.76. The molecule has 101 heavy (non-hydrogen) atoms. The molecule has 0 unspecified atom stereocenters. The summed E-state index contributed by atoms with van der Waals surface area (Å²) < 4.78 is 72.3. The second kappa shape index (κ2) is 39.1. The van der Waals surface area contributed by atoms with Gasteiger partial charge in [0, 0.05) is 26.1 Å². The van der Waals surface area contributed by atoms with Gasteiger partial charge in [0.25, 0.3) is 0 Å². The molecular formula is C69H125N7O25. The van der Waals surface area contributed by atoms with Gasteiger partial charge in [0.15, 0.2) is 18.9 Å². The predicted molar refractivity (Wildman–Crippen MR) is 366 cm³/mol. The van der Waals surface area contributed by atoms with Crippen molar-refractivity contribution in [2.45, 2.75) is 378 Å². The zero-order valence-electron chi connectivity index (χ0n) is 63.1. The van der Waals surface area contributed by atoms with E-state index in [1.54, 1.807) is 125 Å². The van der Waals surface area contributed by atoms with E-state index < -0.39 is 218 Å². The van der Waals surface area contributed by atoms with Gasteiger partial charge in [-0.3, -0.25) is 4.79 Å². The predicted octanol–water partition coefficient (Wildman–Crippen LogP) is 6.11. The summed E-state index contributed by atoms with van der Waals surface area (Å²) in [6.45, 7) is 29.4. The number of aliphatic hydroxyl groups is 6. The Balaban J connectivity index is 1.87. The fourth-order valence-corrected chi connectivity index (χ4v) is 11.6. The number of unbranched alkanes of at least 4 members (excludes halogenated alkanes) is 12. The van der Waals surface area contributed by atoms with Crippen molar-refractivity contribution in [1.82, 2.24) is 37.2 Å². The fraction of sp³-hybridized carbons (Fsp3) is 0.899. The van der Waals surface area contributed by atoms with E-state index >= 15 is 0 Å². The Kier molecular flexibility index (Phi) is 34.1. The van der Waals surface area contributed by atoms with Crippen molar-refractivity contribution < 1.29 is 121 Å². The standard InChI is InChI=1S/C69H125N7O25/c1-20-21-22-23-24-25-26-27-28-29-30-31-32-33-43(77)70-37-42-53(94-56-45(76-63(89)101-69(17,18)19)50(82)48(80)41(91-56)36-72-59(85)97-65(5,6)7)51(83)57(92-42)95-54-46(78)38(73-60(86)98-66(8,9)10)34-39(74-61(87)99-67(11,12)13)52(54)93-55-44(75-62(88)100-68(14,15)16)49(81)47(79)40(90-55)35-71-58(84)96-64(2,3)4/h38-42,44-57,78-83H,20-37H2,1-19H3,(H,70,77)(H,71,84)(H,72,85)(H,73,86)(H,74,87)(H,75,88)(H,76,89)/t38-,39+,40-,41+,42-,44-,45-,46+,47-,48-,49-,50-,51-,52-,53-,54-,55-,56-,57+/m1/s1. The van der Waals surface area contributed by atoms with Crippen molar-refractivity contribution in [1.29, 1.82) is 0 Å². The van der Waals surface area contributed by atoms with Gasteiger partial charge in [-0.05, 0) is 137 Å². The quantitative estimate of drug-likeness (QED) is 0.0285. The van der Waals surface area contributed by atoms with Crippen LogP contribution >= 0.6 is 0 Å². The van der Waals surface area contributed by atoms with E-state index in [2.05, 4.69) is 44.1 Å². The molecule has 3 aliphatic heterocycles. The Morgan fingerprint density at radius 3 is 1.04 bits per heavy atom. The van der Waals surface area contributed by atoms with Gasteiger partial charge in [-0.2, -0.15) is 0 Å². The van der Waals surface area contributed by atoms with Crippen molar-refractivity contribution in [2.24, 2.45) is 0 Å². The van der Waals surface area contributed by atoms with Crippen LogP contribution in [-0.2, 0) is 61.6 Å². The molecule has 3 saturated heterocycles. The first kappa shape index (κ1) is 88.0.